The number of benzene rings is 2. The first-order valence-corrected chi connectivity index (χ1v) is 7.69. The Hall–Kier alpha value is -2.66. The van der Waals surface area contributed by atoms with E-state index in [2.05, 4.69) is 10.6 Å². The van der Waals surface area contributed by atoms with Crippen LogP contribution in [0.5, 0.6) is 5.75 Å². The van der Waals surface area contributed by atoms with Gasteiger partial charge in [-0.3, -0.25) is 4.79 Å². The number of fused-ring (bicyclic) bond motifs is 2. The first-order chi connectivity index (χ1) is 11.2. The number of ketones is 1. The van der Waals surface area contributed by atoms with Gasteiger partial charge < -0.3 is 15.4 Å². The Kier molecular flexibility index (Phi) is 3.16. The summed E-state index contributed by atoms with van der Waals surface area (Å²) in [6.45, 7) is 0. The number of thiocarbonyl (C=S) groups is 1. The number of hydrogen-bond donors (Lipinski definition) is 2. The summed E-state index contributed by atoms with van der Waals surface area (Å²) in [5, 5.41) is 6.86. The van der Waals surface area contributed by atoms with Crippen LogP contribution < -0.4 is 15.4 Å². The number of nitrogens with one attached hydrogen (secondary N) is 2. The van der Waals surface area contributed by atoms with E-state index in [9.17, 15) is 4.79 Å². The maximum Gasteiger partial charge on any atom is 0.194 e. The molecule has 1 aliphatic carbocycles. The van der Waals surface area contributed by atoms with Gasteiger partial charge in [-0.05, 0) is 29.9 Å². The summed E-state index contributed by atoms with van der Waals surface area (Å²) in [6, 6.07) is 15.0. The second-order valence-electron chi connectivity index (χ2n) is 5.47. The van der Waals surface area contributed by atoms with Gasteiger partial charge in [0, 0.05) is 11.1 Å². The number of Topliss-reactive ketones (excluding diaryl/α,β-unsaturated/α-hetero) is 1. The SMILES string of the molecule is COc1cccc([C@@H]2NC(=S)NC3=C2C(=O)c2ccccc23)c1. The van der Waals surface area contributed by atoms with E-state index in [1.807, 2.05) is 48.5 Å². The number of hydrogen-bond acceptors (Lipinski definition) is 3. The average molecular weight is 322 g/mol. The van der Waals surface area contributed by atoms with Crippen LogP contribution in [0.1, 0.15) is 27.5 Å². The minimum absolute atomic E-state index is 0.0333. The van der Waals surface area contributed by atoms with E-state index in [1.54, 1.807) is 7.11 Å². The zero-order valence-corrected chi connectivity index (χ0v) is 13.2. The van der Waals surface area contributed by atoms with Crippen molar-refractivity contribution in [3.05, 3.63) is 70.8 Å². The van der Waals surface area contributed by atoms with E-state index < -0.39 is 0 Å². The van der Waals surface area contributed by atoms with E-state index in [-0.39, 0.29) is 11.8 Å². The Morgan fingerprint density at radius 2 is 1.87 bits per heavy atom. The van der Waals surface area contributed by atoms with Crippen molar-refractivity contribution in [3.8, 4) is 5.75 Å². The first kappa shape index (κ1) is 14.0. The average Bonchev–Trinajstić information content (AvgIpc) is 2.87. The Morgan fingerprint density at radius 3 is 2.65 bits per heavy atom. The molecule has 0 amide bonds. The smallest absolute Gasteiger partial charge is 0.194 e. The topological polar surface area (TPSA) is 50.4 Å². The molecule has 2 N–H and O–H groups in total. The van der Waals surface area contributed by atoms with Crippen LogP contribution in [-0.2, 0) is 0 Å². The van der Waals surface area contributed by atoms with Crippen LogP contribution in [0.3, 0.4) is 0 Å². The monoisotopic (exact) mass is 322 g/mol. The molecule has 2 aliphatic rings. The highest BCUT2D eigenvalue weighted by molar-refractivity contribution is 7.80. The lowest BCUT2D eigenvalue weighted by Crippen LogP contribution is -2.43. The van der Waals surface area contributed by atoms with Crippen molar-refractivity contribution in [2.24, 2.45) is 0 Å². The summed E-state index contributed by atoms with van der Waals surface area (Å²) in [6.07, 6.45) is 0. The lowest BCUT2D eigenvalue weighted by atomic mass is 9.94. The highest BCUT2D eigenvalue weighted by atomic mass is 32.1. The molecule has 4 rings (SSSR count). The number of rotatable bonds is 2. The van der Waals surface area contributed by atoms with Crippen LogP contribution in [0.15, 0.2) is 54.1 Å². The fourth-order valence-electron chi connectivity index (χ4n) is 3.14. The van der Waals surface area contributed by atoms with Crippen molar-refractivity contribution < 1.29 is 9.53 Å². The zero-order chi connectivity index (χ0) is 16.0. The fourth-order valence-corrected chi connectivity index (χ4v) is 3.36. The summed E-state index contributed by atoms with van der Waals surface area (Å²) in [5.41, 5.74) is 4.07. The molecule has 23 heavy (non-hydrogen) atoms. The van der Waals surface area contributed by atoms with Crippen molar-refractivity contribution >= 4 is 28.8 Å². The van der Waals surface area contributed by atoms with E-state index in [4.69, 9.17) is 17.0 Å². The van der Waals surface area contributed by atoms with E-state index >= 15 is 0 Å². The van der Waals surface area contributed by atoms with Crippen molar-refractivity contribution in [1.82, 2.24) is 10.6 Å². The van der Waals surface area contributed by atoms with Gasteiger partial charge in [0.05, 0.1) is 24.4 Å². The Morgan fingerprint density at radius 1 is 1.09 bits per heavy atom. The van der Waals surface area contributed by atoms with Gasteiger partial charge in [-0.2, -0.15) is 0 Å². The van der Waals surface area contributed by atoms with Gasteiger partial charge in [0.2, 0.25) is 0 Å². The van der Waals surface area contributed by atoms with Crippen LogP contribution in [0.4, 0.5) is 0 Å². The summed E-state index contributed by atoms with van der Waals surface area (Å²) >= 11 is 5.34. The van der Waals surface area contributed by atoms with Gasteiger partial charge in [-0.15, -0.1) is 0 Å². The molecule has 114 valence electrons. The fraction of sp³-hybridized carbons (Fsp3) is 0.111. The van der Waals surface area contributed by atoms with Gasteiger partial charge in [0.25, 0.3) is 0 Å². The third-order valence-electron chi connectivity index (χ3n) is 4.18. The summed E-state index contributed by atoms with van der Waals surface area (Å²) < 4.78 is 5.30. The molecule has 2 aromatic rings. The third-order valence-corrected chi connectivity index (χ3v) is 4.40. The first-order valence-electron chi connectivity index (χ1n) is 7.29. The Bertz CT molecular complexity index is 873. The van der Waals surface area contributed by atoms with Gasteiger partial charge in [0.15, 0.2) is 10.9 Å². The number of carbonyl (C=O) groups excluding carboxylic acids is 1. The van der Waals surface area contributed by atoms with Crippen LogP contribution >= 0.6 is 12.2 Å². The minimum Gasteiger partial charge on any atom is -0.497 e. The molecule has 0 aromatic heterocycles. The lowest BCUT2D eigenvalue weighted by Gasteiger charge is -2.28. The molecule has 2 aromatic carbocycles. The minimum atomic E-state index is -0.284. The van der Waals surface area contributed by atoms with Crippen LogP contribution in [0, 0.1) is 0 Å². The van der Waals surface area contributed by atoms with Gasteiger partial charge in [0.1, 0.15) is 5.75 Å². The second-order valence-corrected chi connectivity index (χ2v) is 5.88. The van der Waals surface area contributed by atoms with Crippen LogP contribution in [0.25, 0.3) is 5.70 Å². The highest BCUT2D eigenvalue weighted by Crippen LogP contribution is 2.40. The molecular formula is C18H14N2O2S. The van der Waals surface area contributed by atoms with Gasteiger partial charge >= 0.3 is 0 Å². The normalized spacial score (nSPS) is 18.9. The molecule has 0 bridgehead atoms. The second kappa shape index (κ2) is 5.21. The lowest BCUT2D eigenvalue weighted by molar-refractivity contribution is 0.103. The third kappa shape index (κ3) is 2.12. The van der Waals surface area contributed by atoms with E-state index in [0.29, 0.717) is 16.2 Å². The highest BCUT2D eigenvalue weighted by Gasteiger charge is 2.38. The molecule has 4 nitrogen and oxygen atoms in total. The van der Waals surface area contributed by atoms with E-state index in [0.717, 1.165) is 22.6 Å². The van der Waals surface area contributed by atoms with Gasteiger partial charge in [-0.1, -0.05) is 36.4 Å². The summed E-state index contributed by atoms with van der Waals surface area (Å²) in [5.74, 6) is 0.782. The van der Waals surface area contributed by atoms with Crippen molar-refractivity contribution in [2.45, 2.75) is 6.04 Å². The molecule has 0 saturated heterocycles. The molecule has 1 atom stereocenters. The molecule has 0 saturated carbocycles. The largest absolute Gasteiger partial charge is 0.497 e. The van der Waals surface area contributed by atoms with Crippen molar-refractivity contribution in [2.75, 3.05) is 7.11 Å². The summed E-state index contributed by atoms with van der Waals surface area (Å²) in [4.78, 5) is 12.9. The molecule has 0 spiro atoms. The number of methoxy groups -OCH3 is 1. The Balaban J connectivity index is 1.87. The standard InChI is InChI=1S/C18H14N2O2S/c1-22-11-6-4-5-10(9-11)15-14-16(20-18(23)19-15)12-7-2-3-8-13(12)17(14)21/h2-9,15H,1H3,(H2,19,20,23)/t15-/m0/s1. The van der Waals surface area contributed by atoms with Crippen molar-refractivity contribution in [1.29, 1.82) is 0 Å². The molecule has 5 heteroatoms. The molecule has 0 unspecified atom stereocenters. The zero-order valence-electron chi connectivity index (χ0n) is 12.4. The Labute approximate surface area is 139 Å². The molecular weight excluding hydrogens is 308 g/mol. The van der Waals surface area contributed by atoms with Gasteiger partial charge in [-0.25, -0.2) is 0 Å². The number of ether oxygens (including phenoxy) is 1. The molecule has 0 fully saturated rings. The maximum absolute atomic E-state index is 12.9. The molecule has 0 radical (unpaired) electrons. The predicted octanol–water partition coefficient (Wildman–Crippen LogP) is 2.82. The quantitative estimate of drug-likeness (QED) is 0.833. The maximum atomic E-state index is 12.9. The predicted molar refractivity (Wildman–Crippen MR) is 92.3 cm³/mol. The molecule has 1 heterocycles. The number of carbonyl (C=O) groups is 1. The van der Waals surface area contributed by atoms with Crippen LogP contribution in [0.2, 0.25) is 0 Å². The van der Waals surface area contributed by atoms with E-state index in [1.165, 1.54) is 0 Å². The van der Waals surface area contributed by atoms with Crippen molar-refractivity contribution in [3.63, 3.8) is 0 Å². The van der Waals surface area contributed by atoms with Crippen LogP contribution in [-0.4, -0.2) is 18.0 Å². The molecule has 1 aliphatic heterocycles. The summed E-state index contributed by atoms with van der Waals surface area (Å²) in [7, 11) is 1.63.